The summed E-state index contributed by atoms with van der Waals surface area (Å²) in [5.41, 5.74) is 2.51. The maximum atomic E-state index is 13.7. The fourth-order valence-electron chi connectivity index (χ4n) is 4.53. The molecule has 1 N–H and O–H groups in total. The maximum Gasteiger partial charge on any atom is 0.417 e. The molecule has 6 nitrogen and oxygen atoms in total. The average molecular weight is 502 g/mol. The molecule has 3 aromatic heterocycles. The zero-order chi connectivity index (χ0) is 25.7. The first kappa shape index (κ1) is 23.0. The van der Waals surface area contributed by atoms with Gasteiger partial charge in [-0.05, 0) is 60.7 Å². The highest BCUT2D eigenvalue weighted by Gasteiger charge is 2.35. The van der Waals surface area contributed by atoms with Gasteiger partial charge in [-0.25, -0.2) is 4.98 Å². The van der Waals surface area contributed by atoms with Crippen LogP contribution in [0, 0.1) is 0 Å². The molecule has 1 aliphatic rings. The summed E-state index contributed by atoms with van der Waals surface area (Å²) in [4.78, 5) is 18.2. The standard InChI is InChI=1S/C28H22F3N5O/c1-35-13-12-23(34-35)21-15-20(9-10-22(21)28(29,30)31)27(37)33-26-25(18-5-3-2-4-6-18)32-24-16-19(17-7-8-17)11-14-36(24)26/h2-6,9-17H,7-8H2,1H3,(H,33,37). The van der Waals surface area contributed by atoms with E-state index in [1.165, 1.54) is 28.4 Å². The van der Waals surface area contributed by atoms with Gasteiger partial charge >= 0.3 is 6.18 Å². The minimum atomic E-state index is -4.59. The topological polar surface area (TPSA) is 64.2 Å². The van der Waals surface area contributed by atoms with Crippen LogP contribution in [-0.4, -0.2) is 25.1 Å². The largest absolute Gasteiger partial charge is 0.417 e. The van der Waals surface area contributed by atoms with E-state index in [4.69, 9.17) is 4.98 Å². The van der Waals surface area contributed by atoms with Gasteiger partial charge in [-0.3, -0.25) is 13.9 Å². The van der Waals surface area contributed by atoms with Crippen molar-refractivity contribution in [3.05, 3.63) is 95.8 Å². The summed E-state index contributed by atoms with van der Waals surface area (Å²) in [5.74, 6) is 0.445. The Morgan fingerprint density at radius 1 is 1.00 bits per heavy atom. The van der Waals surface area contributed by atoms with Crippen molar-refractivity contribution >= 4 is 17.4 Å². The van der Waals surface area contributed by atoms with Crippen molar-refractivity contribution in [1.82, 2.24) is 19.2 Å². The minimum absolute atomic E-state index is 0.0808. The smallest absolute Gasteiger partial charge is 0.306 e. The Labute approximate surface area is 210 Å². The van der Waals surface area contributed by atoms with Crippen molar-refractivity contribution < 1.29 is 18.0 Å². The molecule has 1 aliphatic carbocycles. The second-order valence-corrected chi connectivity index (χ2v) is 9.22. The SMILES string of the molecule is Cn1ccc(-c2cc(C(=O)Nc3c(-c4ccccc4)nc4cc(C5CC5)ccn34)ccc2C(F)(F)F)n1. The number of nitrogens with one attached hydrogen (secondary N) is 1. The Balaban J connectivity index is 1.43. The Kier molecular flexibility index (Phi) is 5.36. The second kappa shape index (κ2) is 8.62. The van der Waals surface area contributed by atoms with Gasteiger partial charge in [-0.15, -0.1) is 0 Å². The molecule has 0 spiro atoms. The fraction of sp³-hybridized carbons (Fsp3) is 0.179. The molecular formula is C28H22F3N5O. The molecule has 0 saturated heterocycles. The van der Waals surface area contributed by atoms with Crippen LogP contribution < -0.4 is 5.32 Å². The Morgan fingerprint density at radius 2 is 1.78 bits per heavy atom. The number of aromatic nitrogens is 4. The van der Waals surface area contributed by atoms with Crippen molar-refractivity contribution in [3.8, 4) is 22.5 Å². The first-order valence-electron chi connectivity index (χ1n) is 11.9. The summed E-state index contributed by atoms with van der Waals surface area (Å²) in [6.07, 6.45) is 1.15. The zero-order valence-corrected chi connectivity index (χ0v) is 19.8. The van der Waals surface area contributed by atoms with Crippen LogP contribution in [0.5, 0.6) is 0 Å². The molecule has 0 radical (unpaired) electrons. The third-order valence-electron chi connectivity index (χ3n) is 6.55. The van der Waals surface area contributed by atoms with E-state index in [0.29, 0.717) is 23.1 Å². The van der Waals surface area contributed by atoms with E-state index in [0.717, 1.165) is 24.5 Å². The number of pyridine rings is 1. The van der Waals surface area contributed by atoms with E-state index >= 15 is 0 Å². The summed E-state index contributed by atoms with van der Waals surface area (Å²) >= 11 is 0. The van der Waals surface area contributed by atoms with Crippen LogP contribution in [-0.2, 0) is 13.2 Å². The van der Waals surface area contributed by atoms with E-state index in [1.54, 1.807) is 17.6 Å². The second-order valence-electron chi connectivity index (χ2n) is 9.22. The predicted octanol–water partition coefficient (Wildman–Crippen LogP) is 6.55. The molecular weight excluding hydrogens is 479 g/mol. The highest BCUT2D eigenvalue weighted by atomic mass is 19.4. The molecule has 6 rings (SSSR count). The van der Waals surface area contributed by atoms with Crippen molar-refractivity contribution in [2.75, 3.05) is 5.32 Å². The number of carbonyl (C=O) groups is 1. The number of amides is 1. The maximum absolute atomic E-state index is 13.7. The summed E-state index contributed by atoms with van der Waals surface area (Å²) in [6.45, 7) is 0. The van der Waals surface area contributed by atoms with Gasteiger partial charge in [0.15, 0.2) is 0 Å². The monoisotopic (exact) mass is 501 g/mol. The van der Waals surface area contributed by atoms with Crippen LogP contribution in [0.3, 0.4) is 0 Å². The van der Waals surface area contributed by atoms with Gasteiger partial charge in [0.05, 0.1) is 11.3 Å². The normalized spacial score (nSPS) is 13.7. The lowest BCUT2D eigenvalue weighted by molar-refractivity contribution is -0.137. The number of carbonyl (C=O) groups excluding carboxylic acids is 1. The molecule has 0 aliphatic heterocycles. The number of alkyl halides is 3. The average Bonchev–Trinajstić information content (AvgIpc) is 3.56. The minimum Gasteiger partial charge on any atom is -0.306 e. The molecule has 1 amide bonds. The molecule has 1 fully saturated rings. The van der Waals surface area contributed by atoms with E-state index in [1.807, 2.05) is 48.7 Å². The number of hydrogen-bond donors (Lipinski definition) is 1. The summed E-state index contributed by atoms with van der Waals surface area (Å²) < 4.78 is 44.4. The van der Waals surface area contributed by atoms with Crippen LogP contribution in [0.4, 0.5) is 19.0 Å². The van der Waals surface area contributed by atoms with Crippen molar-refractivity contribution in [2.24, 2.45) is 7.05 Å². The van der Waals surface area contributed by atoms with Crippen molar-refractivity contribution in [1.29, 1.82) is 0 Å². The highest BCUT2D eigenvalue weighted by molar-refractivity contribution is 6.06. The molecule has 5 aromatic rings. The van der Waals surface area contributed by atoms with Gasteiger partial charge in [0.25, 0.3) is 5.91 Å². The molecule has 9 heteroatoms. The number of fused-ring (bicyclic) bond motifs is 1. The van der Waals surface area contributed by atoms with Crippen molar-refractivity contribution in [3.63, 3.8) is 0 Å². The molecule has 186 valence electrons. The predicted molar refractivity (Wildman–Crippen MR) is 134 cm³/mol. The molecule has 3 heterocycles. The van der Waals surface area contributed by atoms with E-state index in [9.17, 15) is 18.0 Å². The van der Waals surface area contributed by atoms with E-state index < -0.39 is 17.6 Å². The quantitative estimate of drug-likeness (QED) is 0.297. The van der Waals surface area contributed by atoms with E-state index in [-0.39, 0.29) is 16.8 Å². The molecule has 1 saturated carbocycles. The molecule has 0 unspecified atom stereocenters. The molecule has 0 bridgehead atoms. The van der Waals surface area contributed by atoms with Crippen LogP contribution >= 0.6 is 0 Å². The van der Waals surface area contributed by atoms with Crippen molar-refractivity contribution in [2.45, 2.75) is 24.9 Å². The summed E-state index contributed by atoms with van der Waals surface area (Å²) in [7, 11) is 1.62. The Bertz CT molecular complexity index is 1630. The zero-order valence-electron chi connectivity index (χ0n) is 19.8. The number of hydrogen-bond acceptors (Lipinski definition) is 3. The number of anilines is 1. The third-order valence-corrected chi connectivity index (χ3v) is 6.55. The van der Waals surface area contributed by atoms with E-state index in [2.05, 4.69) is 10.4 Å². The number of halogens is 3. The number of benzene rings is 2. The molecule has 37 heavy (non-hydrogen) atoms. The lowest BCUT2D eigenvalue weighted by Gasteiger charge is -2.14. The van der Waals surface area contributed by atoms with Crippen LogP contribution in [0.2, 0.25) is 0 Å². The lowest BCUT2D eigenvalue weighted by atomic mass is 10.0. The first-order valence-corrected chi connectivity index (χ1v) is 11.9. The number of aryl methyl sites for hydroxylation is 1. The van der Waals surface area contributed by atoms with Crippen LogP contribution in [0.15, 0.2) is 79.1 Å². The van der Waals surface area contributed by atoms with Gasteiger partial charge in [0.2, 0.25) is 0 Å². The number of rotatable bonds is 5. The summed E-state index contributed by atoms with van der Waals surface area (Å²) in [5, 5.41) is 7.03. The van der Waals surface area contributed by atoms with Gasteiger partial charge in [-0.1, -0.05) is 30.3 Å². The summed E-state index contributed by atoms with van der Waals surface area (Å²) in [6, 6.07) is 18.3. The fourth-order valence-corrected chi connectivity index (χ4v) is 4.53. The van der Waals surface area contributed by atoms with Gasteiger partial charge in [0.1, 0.15) is 17.2 Å². The Hall–Kier alpha value is -4.40. The number of nitrogens with zero attached hydrogens (tertiary/aromatic N) is 4. The van der Waals surface area contributed by atoms with Gasteiger partial charge in [-0.2, -0.15) is 18.3 Å². The molecule has 2 aromatic carbocycles. The van der Waals surface area contributed by atoms with Crippen LogP contribution in [0.25, 0.3) is 28.2 Å². The van der Waals surface area contributed by atoms with Gasteiger partial charge in [0, 0.05) is 36.1 Å². The highest BCUT2D eigenvalue weighted by Crippen LogP contribution is 2.41. The number of imidazole rings is 1. The van der Waals surface area contributed by atoms with Crippen LogP contribution in [0.1, 0.15) is 40.2 Å². The molecule has 0 atom stereocenters. The first-order chi connectivity index (χ1) is 17.8. The van der Waals surface area contributed by atoms with Gasteiger partial charge < -0.3 is 5.32 Å². The lowest BCUT2D eigenvalue weighted by Crippen LogP contribution is -2.16. The Morgan fingerprint density at radius 3 is 2.46 bits per heavy atom. The third kappa shape index (κ3) is 4.37.